The fourth-order valence-electron chi connectivity index (χ4n) is 2.31. The van der Waals surface area contributed by atoms with Gasteiger partial charge in [0.2, 0.25) is 5.91 Å². The van der Waals surface area contributed by atoms with Gasteiger partial charge in [0, 0.05) is 12.1 Å². The second-order valence-electron chi connectivity index (χ2n) is 6.75. The van der Waals surface area contributed by atoms with Crippen LogP contribution in [-0.4, -0.2) is 17.0 Å². The van der Waals surface area contributed by atoms with E-state index in [1.165, 1.54) is 0 Å². The third-order valence-electron chi connectivity index (χ3n) is 3.57. The molecule has 1 aliphatic carbocycles. The first-order valence-electron chi connectivity index (χ1n) is 6.87. The minimum absolute atomic E-state index is 0.0235. The quantitative estimate of drug-likeness (QED) is 0.887. The van der Waals surface area contributed by atoms with E-state index in [0.717, 1.165) is 5.56 Å². The Hall–Kier alpha value is -1.84. The van der Waals surface area contributed by atoms with Gasteiger partial charge in [-0.15, -0.1) is 0 Å². The molecule has 2 rings (SSSR count). The molecule has 0 unspecified atom stereocenters. The number of hydrogen-bond acceptors (Lipinski definition) is 2. The molecule has 0 saturated heterocycles. The van der Waals surface area contributed by atoms with Crippen molar-refractivity contribution in [3.05, 3.63) is 29.8 Å². The highest BCUT2D eigenvalue weighted by Gasteiger charge is 2.51. The molecule has 108 valence electrons. The molecule has 0 aromatic heterocycles. The Morgan fingerprint density at radius 3 is 2.15 bits per heavy atom. The molecule has 1 amide bonds. The number of amides is 1. The van der Waals surface area contributed by atoms with Crippen LogP contribution in [0.1, 0.15) is 45.6 Å². The Balaban J connectivity index is 2.03. The van der Waals surface area contributed by atoms with Crippen LogP contribution in [0, 0.1) is 5.41 Å². The highest BCUT2D eigenvalue weighted by atomic mass is 16.4. The first kappa shape index (κ1) is 14.6. The van der Waals surface area contributed by atoms with Crippen LogP contribution in [0.15, 0.2) is 24.3 Å². The monoisotopic (exact) mass is 275 g/mol. The van der Waals surface area contributed by atoms with Crippen molar-refractivity contribution in [2.24, 2.45) is 5.41 Å². The topological polar surface area (TPSA) is 66.4 Å². The fourth-order valence-corrected chi connectivity index (χ4v) is 2.31. The Labute approximate surface area is 119 Å². The third-order valence-corrected chi connectivity index (χ3v) is 3.57. The van der Waals surface area contributed by atoms with E-state index in [4.69, 9.17) is 0 Å². The summed E-state index contributed by atoms with van der Waals surface area (Å²) >= 11 is 0. The first-order valence-corrected chi connectivity index (χ1v) is 6.87. The lowest BCUT2D eigenvalue weighted by Crippen LogP contribution is -2.20. The molecule has 4 heteroatoms. The zero-order valence-electron chi connectivity index (χ0n) is 12.2. The molecular weight excluding hydrogens is 254 g/mol. The molecule has 1 aromatic carbocycles. The van der Waals surface area contributed by atoms with E-state index in [-0.39, 0.29) is 11.3 Å². The van der Waals surface area contributed by atoms with E-state index in [9.17, 15) is 14.7 Å². The molecule has 1 aliphatic rings. The number of anilines is 1. The van der Waals surface area contributed by atoms with Gasteiger partial charge in [-0.1, -0.05) is 32.9 Å². The van der Waals surface area contributed by atoms with Crippen LogP contribution >= 0.6 is 0 Å². The van der Waals surface area contributed by atoms with Crippen LogP contribution in [0.3, 0.4) is 0 Å². The van der Waals surface area contributed by atoms with Crippen molar-refractivity contribution in [3.63, 3.8) is 0 Å². The number of benzene rings is 1. The average molecular weight is 275 g/mol. The SMILES string of the molecule is CC(C)(C)CC(=O)Nc1ccc(C2(C(=O)O)CC2)cc1. The Morgan fingerprint density at radius 2 is 1.75 bits per heavy atom. The first-order chi connectivity index (χ1) is 9.23. The molecular formula is C16H21NO3. The molecule has 0 atom stereocenters. The Bertz CT molecular complexity index is 522. The number of hydrogen-bond donors (Lipinski definition) is 2. The number of aliphatic carboxylic acids is 1. The van der Waals surface area contributed by atoms with Gasteiger partial charge in [0.1, 0.15) is 0 Å². The van der Waals surface area contributed by atoms with Crippen molar-refractivity contribution < 1.29 is 14.7 Å². The van der Waals surface area contributed by atoms with E-state index < -0.39 is 11.4 Å². The molecule has 4 nitrogen and oxygen atoms in total. The van der Waals surface area contributed by atoms with Crippen molar-refractivity contribution in [3.8, 4) is 0 Å². The van der Waals surface area contributed by atoms with Gasteiger partial charge in [0.15, 0.2) is 0 Å². The molecule has 2 N–H and O–H groups in total. The lowest BCUT2D eigenvalue weighted by Gasteiger charge is -2.17. The van der Waals surface area contributed by atoms with E-state index in [0.29, 0.717) is 24.9 Å². The summed E-state index contributed by atoms with van der Waals surface area (Å²) in [5, 5.41) is 12.1. The summed E-state index contributed by atoms with van der Waals surface area (Å²) in [5.41, 5.74) is 0.794. The van der Waals surface area contributed by atoms with Gasteiger partial charge < -0.3 is 10.4 Å². The zero-order chi connectivity index (χ0) is 15.0. The molecule has 1 aromatic rings. The Kier molecular flexibility index (Phi) is 3.59. The van der Waals surface area contributed by atoms with Gasteiger partial charge >= 0.3 is 5.97 Å². The number of nitrogens with one attached hydrogen (secondary N) is 1. The van der Waals surface area contributed by atoms with Crippen LogP contribution < -0.4 is 5.32 Å². The summed E-state index contributed by atoms with van der Waals surface area (Å²) in [6.07, 6.45) is 1.84. The number of carboxylic acid groups (broad SMARTS) is 1. The minimum atomic E-state index is -0.762. The van der Waals surface area contributed by atoms with Crippen LogP contribution in [0.2, 0.25) is 0 Å². The average Bonchev–Trinajstić information content (AvgIpc) is 3.08. The number of carbonyl (C=O) groups is 2. The molecule has 0 radical (unpaired) electrons. The van der Waals surface area contributed by atoms with Gasteiger partial charge in [0.25, 0.3) is 0 Å². The Morgan fingerprint density at radius 1 is 1.20 bits per heavy atom. The minimum Gasteiger partial charge on any atom is -0.481 e. The normalized spacial score (nSPS) is 16.6. The van der Waals surface area contributed by atoms with E-state index in [1.807, 2.05) is 20.8 Å². The van der Waals surface area contributed by atoms with Gasteiger partial charge in [0.05, 0.1) is 5.41 Å². The summed E-state index contributed by atoms with van der Waals surface area (Å²) in [5.74, 6) is -0.786. The fraction of sp³-hybridized carbons (Fsp3) is 0.500. The van der Waals surface area contributed by atoms with E-state index in [2.05, 4.69) is 5.32 Å². The summed E-state index contributed by atoms with van der Waals surface area (Å²) < 4.78 is 0. The van der Waals surface area contributed by atoms with Crippen LogP contribution in [0.4, 0.5) is 5.69 Å². The predicted octanol–water partition coefficient (Wildman–Crippen LogP) is 3.18. The molecule has 0 spiro atoms. The maximum Gasteiger partial charge on any atom is 0.314 e. The number of rotatable bonds is 4. The second-order valence-corrected chi connectivity index (χ2v) is 6.75. The maximum atomic E-state index is 11.8. The van der Waals surface area contributed by atoms with Gasteiger partial charge in [-0.2, -0.15) is 0 Å². The number of carbonyl (C=O) groups excluding carboxylic acids is 1. The van der Waals surface area contributed by atoms with Crippen LogP contribution in [-0.2, 0) is 15.0 Å². The smallest absolute Gasteiger partial charge is 0.314 e. The highest BCUT2D eigenvalue weighted by molar-refractivity contribution is 5.91. The lowest BCUT2D eigenvalue weighted by atomic mass is 9.92. The third kappa shape index (κ3) is 3.18. The maximum absolute atomic E-state index is 11.8. The summed E-state index contributed by atoms with van der Waals surface area (Å²) in [4.78, 5) is 23.1. The van der Waals surface area contributed by atoms with E-state index >= 15 is 0 Å². The molecule has 1 fully saturated rings. The van der Waals surface area contributed by atoms with Crippen molar-refractivity contribution in [1.82, 2.24) is 0 Å². The van der Waals surface area contributed by atoms with Crippen LogP contribution in [0.5, 0.6) is 0 Å². The number of carboxylic acids is 1. The van der Waals surface area contributed by atoms with Crippen molar-refractivity contribution in [2.75, 3.05) is 5.32 Å². The van der Waals surface area contributed by atoms with Gasteiger partial charge in [-0.05, 0) is 36.0 Å². The van der Waals surface area contributed by atoms with Crippen molar-refractivity contribution in [2.45, 2.75) is 45.4 Å². The molecule has 0 bridgehead atoms. The summed E-state index contributed by atoms with van der Waals surface area (Å²) in [6.45, 7) is 6.04. The van der Waals surface area contributed by atoms with Crippen molar-refractivity contribution >= 4 is 17.6 Å². The van der Waals surface area contributed by atoms with Gasteiger partial charge in [-0.3, -0.25) is 9.59 Å². The van der Waals surface area contributed by atoms with Crippen molar-refractivity contribution in [1.29, 1.82) is 0 Å². The van der Waals surface area contributed by atoms with Gasteiger partial charge in [-0.25, -0.2) is 0 Å². The standard InChI is InChI=1S/C16H21NO3/c1-15(2,3)10-13(18)17-12-6-4-11(5-7-12)16(8-9-16)14(19)20/h4-7H,8-10H2,1-3H3,(H,17,18)(H,19,20). The largest absolute Gasteiger partial charge is 0.481 e. The zero-order valence-corrected chi connectivity index (χ0v) is 12.2. The highest BCUT2D eigenvalue weighted by Crippen LogP contribution is 2.48. The molecule has 20 heavy (non-hydrogen) atoms. The molecule has 0 aliphatic heterocycles. The van der Waals surface area contributed by atoms with Crippen LogP contribution in [0.25, 0.3) is 0 Å². The predicted molar refractivity (Wildman–Crippen MR) is 77.7 cm³/mol. The van der Waals surface area contributed by atoms with E-state index in [1.54, 1.807) is 24.3 Å². The second kappa shape index (κ2) is 4.93. The summed E-state index contributed by atoms with van der Waals surface area (Å²) in [6, 6.07) is 7.15. The molecule has 0 heterocycles. The summed E-state index contributed by atoms with van der Waals surface area (Å²) in [7, 11) is 0. The lowest BCUT2D eigenvalue weighted by molar-refractivity contribution is -0.140. The molecule has 1 saturated carbocycles.